The van der Waals surface area contributed by atoms with Gasteiger partial charge < -0.3 is 33.2 Å². The Kier molecular flexibility index (Phi) is 9.30. The van der Waals surface area contributed by atoms with Crippen LogP contribution in [0.3, 0.4) is 0 Å². The first-order valence-corrected chi connectivity index (χ1v) is 8.54. The van der Waals surface area contributed by atoms with Gasteiger partial charge in [-0.05, 0) is 18.4 Å². The van der Waals surface area contributed by atoms with Gasteiger partial charge in [0.05, 0.1) is 6.54 Å². The highest BCUT2D eigenvalue weighted by atomic mass is 16.2. The molecule has 0 aliphatic heterocycles. The number of primary amides is 1. The first-order chi connectivity index (χ1) is 12.8. The fraction of sp³-hybridized carbons (Fsp3) is 0.412. The van der Waals surface area contributed by atoms with Gasteiger partial charge in [0, 0.05) is 13.0 Å². The molecule has 0 spiro atoms. The fourth-order valence-corrected chi connectivity index (χ4v) is 2.40. The normalized spacial score (nSPS) is 12.5. The SMILES string of the molecule is N=C(N)NCCC[C@H](NC(=O)CN)C(=O)N[C@@H](Cc1ccccc1)C(N)=O. The predicted octanol–water partition coefficient (Wildman–Crippen LogP) is -2.09. The van der Waals surface area contributed by atoms with Crippen LogP contribution in [0.2, 0.25) is 0 Å². The lowest BCUT2D eigenvalue weighted by Gasteiger charge is -2.22. The summed E-state index contributed by atoms with van der Waals surface area (Å²) in [5.74, 6) is -1.87. The van der Waals surface area contributed by atoms with Crippen molar-refractivity contribution < 1.29 is 14.4 Å². The van der Waals surface area contributed by atoms with Gasteiger partial charge in [-0.1, -0.05) is 30.3 Å². The Balaban J connectivity index is 2.73. The molecule has 0 radical (unpaired) electrons. The molecule has 0 bridgehead atoms. The average Bonchev–Trinajstić information content (AvgIpc) is 2.63. The molecule has 0 heterocycles. The van der Waals surface area contributed by atoms with Crippen LogP contribution in [0.25, 0.3) is 0 Å². The number of nitrogens with two attached hydrogens (primary N) is 3. The first-order valence-electron chi connectivity index (χ1n) is 8.54. The van der Waals surface area contributed by atoms with E-state index in [2.05, 4.69) is 16.0 Å². The van der Waals surface area contributed by atoms with Crippen molar-refractivity contribution in [3.8, 4) is 0 Å². The van der Waals surface area contributed by atoms with Gasteiger partial charge in [-0.25, -0.2) is 0 Å². The third-order valence-corrected chi connectivity index (χ3v) is 3.76. The standard InChI is InChI=1S/C17H27N7O3/c18-10-14(25)23-12(7-4-8-22-17(20)21)16(27)24-13(15(19)26)9-11-5-2-1-3-6-11/h1-3,5-6,12-13H,4,7-10,18H2,(H2,19,26)(H,23,25)(H,24,27)(H4,20,21,22)/t12-,13-/m0/s1. The number of benzene rings is 1. The molecule has 10 N–H and O–H groups in total. The molecule has 1 aromatic carbocycles. The summed E-state index contributed by atoms with van der Waals surface area (Å²) in [5.41, 5.74) is 16.7. The molecule has 3 amide bonds. The Hall–Kier alpha value is -3.14. The van der Waals surface area contributed by atoms with Gasteiger partial charge in [-0.3, -0.25) is 19.8 Å². The van der Waals surface area contributed by atoms with Gasteiger partial charge in [0.15, 0.2) is 5.96 Å². The summed E-state index contributed by atoms with van der Waals surface area (Å²) < 4.78 is 0. The lowest BCUT2D eigenvalue weighted by molar-refractivity contribution is -0.131. The summed E-state index contributed by atoms with van der Waals surface area (Å²) in [4.78, 5) is 35.9. The van der Waals surface area contributed by atoms with Gasteiger partial charge in [-0.15, -0.1) is 0 Å². The average molecular weight is 377 g/mol. The number of carbonyl (C=O) groups is 3. The van der Waals surface area contributed by atoms with Gasteiger partial charge >= 0.3 is 0 Å². The Morgan fingerprint density at radius 2 is 1.70 bits per heavy atom. The van der Waals surface area contributed by atoms with Crippen molar-refractivity contribution in [2.24, 2.45) is 17.2 Å². The van der Waals surface area contributed by atoms with E-state index in [0.717, 1.165) is 5.56 Å². The minimum Gasteiger partial charge on any atom is -0.370 e. The van der Waals surface area contributed by atoms with E-state index in [9.17, 15) is 14.4 Å². The molecule has 148 valence electrons. The van der Waals surface area contributed by atoms with Crippen LogP contribution >= 0.6 is 0 Å². The molecule has 27 heavy (non-hydrogen) atoms. The second kappa shape index (κ2) is 11.5. The second-order valence-electron chi connectivity index (χ2n) is 5.96. The molecule has 0 aromatic heterocycles. The molecule has 0 fully saturated rings. The summed E-state index contributed by atoms with van der Waals surface area (Å²) in [6.07, 6.45) is 0.975. The van der Waals surface area contributed by atoms with Crippen LogP contribution in [0.4, 0.5) is 0 Å². The number of hydrogen-bond acceptors (Lipinski definition) is 5. The zero-order valence-corrected chi connectivity index (χ0v) is 15.0. The Morgan fingerprint density at radius 1 is 1.04 bits per heavy atom. The molecule has 2 atom stereocenters. The van der Waals surface area contributed by atoms with Crippen LogP contribution in [0.1, 0.15) is 18.4 Å². The number of hydrogen-bond donors (Lipinski definition) is 7. The predicted molar refractivity (Wildman–Crippen MR) is 101 cm³/mol. The monoisotopic (exact) mass is 377 g/mol. The van der Waals surface area contributed by atoms with Crippen molar-refractivity contribution in [1.29, 1.82) is 5.41 Å². The largest absolute Gasteiger partial charge is 0.370 e. The van der Waals surface area contributed by atoms with Gasteiger partial charge in [0.25, 0.3) is 0 Å². The van der Waals surface area contributed by atoms with Crippen LogP contribution in [-0.2, 0) is 20.8 Å². The second-order valence-corrected chi connectivity index (χ2v) is 5.96. The number of guanidine groups is 1. The maximum absolute atomic E-state index is 12.6. The molecule has 1 rings (SSSR count). The van der Waals surface area contributed by atoms with Crippen LogP contribution < -0.4 is 33.2 Å². The smallest absolute Gasteiger partial charge is 0.243 e. The molecule has 0 saturated heterocycles. The molecule has 0 aliphatic carbocycles. The van der Waals surface area contributed by atoms with Gasteiger partial charge in [-0.2, -0.15) is 0 Å². The van der Waals surface area contributed by atoms with Crippen LogP contribution in [-0.4, -0.2) is 48.9 Å². The number of nitrogens with one attached hydrogen (secondary N) is 4. The van der Waals surface area contributed by atoms with E-state index in [-0.39, 0.29) is 25.3 Å². The first kappa shape index (κ1) is 21.9. The number of amides is 3. The quantitative estimate of drug-likeness (QED) is 0.131. The van der Waals surface area contributed by atoms with Crippen molar-refractivity contribution >= 4 is 23.7 Å². The molecule has 10 nitrogen and oxygen atoms in total. The van der Waals surface area contributed by atoms with E-state index < -0.39 is 29.8 Å². The Morgan fingerprint density at radius 3 is 2.26 bits per heavy atom. The van der Waals surface area contributed by atoms with Crippen LogP contribution in [0.5, 0.6) is 0 Å². The van der Waals surface area contributed by atoms with Crippen molar-refractivity contribution in [1.82, 2.24) is 16.0 Å². The molecule has 0 aliphatic rings. The molecule has 0 unspecified atom stereocenters. The van der Waals surface area contributed by atoms with E-state index in [1.165, 1.54) is 0 Å². The fourth-order valence-electron chi connectivity index (χ4n) is 2.40. The highest BCUT2D eigenvalue weighted by Crippen LogP contribution is 2.05. The molecular formula is C17H27N7O3. The topological polar surface area (TPSA) is 189 Å². The van der Waals surface area contributed by atoms with Crippen molar-refractivity contribution in [2.75, 3.05) is 13.1 Å². The summed E-state index contributed by atoms with van der Waals surface area (Å²) in [6.45, 7) is 0.0968. The maximum Gasteiger partial charge on any atom is 0.243 e. The third kappa shape index (κ3) is 8.68. The van der Waals surface area contributed by atoms with E-state index in [1.54, 1.807) is 0 Å². The van der Waals surface area contributed by atoms with Gasteiger partial charge in [0.1, 0.15) is 12.1 Å². The van der Waals surface area contributed by atoms with Crippen molar-refractivity contribution in [2.45, 2.75) is 31.3 Å². The van der Waals surface area contributed by atoms with Gasteiger partial charge in [0.2, 0.25) is 17.7 Å². The highest BCUT2D eigenvalue weighted by Gasteiger charge is 2.25. The zero-order chi connectivity index (χ0) is 20.2. The van der Waals surface area contributed by atoms with Crippen molar-refractivity contribution in [3.05, 3.63) is 35.9 Å². The minimum absolute atomic E-state index is 0.182. The molecule has 1 aromatic rings. The number of carbonyl (C=O) groups excluding carboxylic acids is 3. The lowest BCUT2D eigenvalue weighted by atomic mass is 10.0. The van der Waals surface area contributed by atoms with E-state index in [0.29, 0.717) is 13.0 Å². The van der Waals surface area contributed by atoms with Crippen LogP contribution in [0.15, 0.2) is 30.3 Å². The zero-order valence-electron chi connectivity index (χ0n) is 15.0. The molecular weight excluding hydrogens is 350 g/mol. The van der Waals surface area contributed by atoms with Crippen molar-refractivity contribution in [3.63, 3.8) is 0 Å². The lowest BCUT2D eigenvalue weighted by Crippen LogP contribution is -2.54. The number of rotatable bonds is 11. The van der Waals surface area contributed by atoms with Crippen LogP contribution in [0, 0.1) is 5.41 Å². The summed E-state index contributed by atoms with van der Waals surface area (Å²) in [6, 6.07) is 7.34. The summed E-state index contributed by atoms with van der Waals surface area (Å²) in [7, 11) is 0. The summed E-state index contributed by atoms with van der Waals surface area (Å²) in [5, 5.41) is 14.8. The highest BCUT2D eigenvalue weighted by molar-refractivity contribution is 5.92. The van der Waals surface area contributed by atoms with E-state index >= 15 is 0 Å². The van der Waals surface area contributed by atoms with E-state index in [1.807, 2.05) is 30.3 Å². The summed E-state index contributed by atoms with van der Waals surface area (Å²) >= 11 is 0. The third-order valence-electron chi connectivity index (χ3n) is 3.76. The molecule has 0 saturated carbocycles. The minimum atomic E-state index is -0.910. The molecule has 10 heteroatoms. The Labute approximate surface area is 157 Å². The maximum atomic E-state index is 12.6. The van der Waals surface area contributed by atoms with E-state index in [4.69, 9.17) is 22.6 Å². The Bertz CT molecular complexity index is 651.